The summed E-state index contributed by atoms with van der Waals surface area (Å²) in [6, 6.07) is 15.1. The average molecular weight is 780 g/mol. The molecule has 3 amide bonds. The number of carbonyl (C=O) groups is 6. The van der Waals surface area contributed by atoms with Gasteiger partial charge >= 0.3 is 5.97 Å². The van der Waals surface area contributed by atoms with Crippen LogP contribution in [0.1, 0.15) is 89.2 Å². The highest BCUT2D eigenvalue weighted by atomic mass is 16.4. The molecule has 0 saturated carbocycles. The van der Waals surface area contributed by atoms with E-state index in [0.29, 0.717) is 64.5 Å². The molecule has 2 aromatic carbocycles. The number of hydrogen-bond acceptors (Lipinski definition) is 10. The molecule has 0 aliphatic rings. The smallest absolute Gasteiger partial charge is 0.326 e. The largest absolute Gasteiger partial charge is 0.480 e. The lowest BCUT2D eigenvalue weighted by atomic mass is 9.88. The van der Waals surface area contributed by atoms with Crippen molar-refractivity contribution in [2.45, 2.75) is 115 Å². The summed E-state index contributed by atoms with van der Waals surface area (Å²) in [7, 11) is 0. The number of carboxylic acid groups (broad SMARTS) is 1. The fraction of sp³-hybridized carbons (Fsp3) is 0.571. The molecule has 12 N–H and O–H groups in total. The van der Waals surface area contributed by atoms with E-state index in [4.69, 9.17) is 22.9 Å². The third-order valence-corrected chi connectivity index (χ3v) is 9.73. The number of hydrogen-bond donors (Lipinski definition) is 8. The Hall–Kier alpha value is -4.50. The van der Waals surface area contributed by atoms with Crippen molar-refractivity contribution in [3.05, 3.63) is 71.8 Å². The molecule has 2 rings (SSSR count). The maximum absolute atomic E-state index is 14.0. The van der Waals surface area contributed by atoms with Gasteiger partial charge in [0.1, 0.15) is 6.04 Å². The van der Waals surface area contributed by atoms with Gasteiger partial charge in [0.2, 0.25) is 17.7 Å². The summed E-state index contributed by atoms with van der Waals surface area (Å²) in [5.74, 6) is -4.47. The van der Waals surface area contributed by atoms with Crippen molar-refractivity contribution in [1.82, 2.24) is 16.0 Å². The molecule has 0 saturated heterocycles. The van der Waals surface area contributed by atoms with Crippen LogP contribution in [0.2, 0.25) is 0 Å². The number of benzene rings is 2. The van der Waals surface area contributed by atoms with Crippen molar-refractivity contribution >= 4 is 35.3 Å². The van der Waals surface area contributed by atoms with E-state index in [0.717, 1.165) is 11.1 Å². The molecule has 0 heterocycles. The van der Waals surface area contributed by atoms with Crippen LogP contribution in [0.5, 0.6) is 0 Å². The van der Waals surface area contributed by atoms with Crippen molar-refractivity contribution in [2.24, 2.45) is 40.7 Å². The van der Waals surface area contributed by atoms with Crippen LogP contribution in [0, 0.1) is 17.8 Å². The van der Waals surface area contributed by atoms with E-state index in [-0.39, 0.29) is 55.6 Å². The van der Waals surface area contributed by atoms with E-state index in [1.165, 1.54) is 0 Å². The number of amides is 3. The third kappa shape index (κ3) is 18.4. The number of aliphatic carboxylic acids is 1. The summed E-state index contributed by atoms with van der Waals surface area (Å²) in [6.07, 6.45) is 3.47. The monoisotopic (exact) mass is 779 g/mol. The van der Waals surface area contributed by atoms with Gasteiger partial charge in [-0.15, -0.1) is 0 Å². The Balaban J connectivity index is 2.08. The van der Waals surface area contributed by atoms with Crippen molar-refractivity contribution in [3.63, 3.8) is 0 Å². The molecule has 0 aromatic heterocycles. The summed E-state index contributed by atoms with van der Waals surface area (Å²) in [5.41, 5.74) is 25.2. The van der Waals surface area contributed by atoms with Gasteiger partial charge in [0.25, 0.3) is 0 Å². The zero-order valence-corrected chi connectivity index (χ0v) is 33.1. The second kappa shape index (κ2) is 26.4. The molecule has 2 aromatic rings. The molecule has 0 unspecified atom stereocenters. The number of rotatable bonds is 29. The number of carboxylic acids is 1. The molecule has 310 valence electrons. The van der Waals surface area contributed by atoms with Gasteiger partial charge in [0.15, 0.2) is 11.6 Å². The first-order chi connectivity index (χ1) is 26.7. The Morgan fingerprint density at radius 3 is 1.73 bits per heavy atom. The zero-order valence-electron chi connectivity index (χ0n) is 33.1. The first-order valence-corrected chi connectivity index (χ1v) is 19.9. The minimum atomic E-state index is -1.18. The molecule has 14 heteroatoms. The van der Waals surface area contributed by atoms with Gasteiger partial charge < -0.3 is 44.0 Å². The number of carbonyl (C=O) groups excluding carboxylic acids is 5. The van der Waals surface area contributed by atoms with Crippen LogP contribution in [-0.2, 0) is 41.6 Å². The van der Waals surface area contributed by atoms with Gasteiger partial charge in [-0.05, 0) is 94.3 Å². The van der Waals surface area contributed by atoms with Crippen molar-refractivity contribution < 1.29 is 33.9 Å². The lowest BCUT2D eigenvalue weighted by molar-refractivity contribution is -0.142. The fourth-order valence-corrected chi connectivity index (χ4v) is 6.47. The zero-order chi connectivity index (χ0) is 41.5. The molecule has 0 spiro atoms. The summed E-state index contributed by atoms with van der Waals surface area (Å²) in [6.45, 7) is 4.81. The SMILES string of the molecule is CC(C)C[C@@H](NC(=O)[C@H](CC(=O)[C@H](N)Cc1ccccc1)Cc1ccccc1)C(=O)C[C@H](CCCN)C(=O)NCCCC[C@H](NC(=O)[C@H](N)CCCN)C(=O)O. The topological polar surface area (TPSA) is 263 Å². The van der Waals surface area contributed by atoms with Gasteiger partial charge in [-0.2, -0.15) is 0 Å². The van der Waals surface area contributed by atoms with E-state index in [1.807, 2.05) is 74.5 Å². The first kappa shape index (κ1) is 47.7. The highest BCUT2D eigenvalue weighted by Crippen LogP contribution is 2.20. The molecule has 56 heavy (non-hydrogen) atoms. The van der Waals surface area contributed by atoms with E-state index in [2.05, 4.69) is 16.0 Å². The molecular weight excluding hydrogens is 715 g/mol. The Morgan fingerprint density at radius 1 is 0.607 bits per heavy atom. The van der Waals surface area contributed by atoms with Gasteiger partial charge in [-0.3, -0.25) is 24.0 Å². The van der Waals surface area contributed by atoms with E-state index in [9.17, 15) is 33.9 Å². The van der Waals surface area contributed by atoms with Crippen LogP contribution in [0.25, 0.3) is 0 Å². The van der Waals surface area contributed by atoms with E-state index >= 15 is 0 Å². The lowest BCUT2D eigenvalue weighted by Crippen LogP contribution is -2.48. The van der Waals surface area contributed by atoms with Crippen molar-refractivity contribution in [2.75, 3.05) is 19.6 Å². The summed E-state index contributed by atoms with van der Waals surface area (Å²) in [4.78, 5) is 78.7. The van der Waals surface area contributed by atoms with Crippen LogP contribution in [0.15, 0.2) is 60.7 Å². The summed E-state index contributed by atoms with van der Waals surface area (Å²) >= 11 is 0. The van der Waals surface area contributed by atoms with Crippen molar-refractivity contribution in [1.29, 1.82) is 0 Å². The normalized spacial score (nSPS) is 14.5. The Bertz CT molecular complexity index is 1510. The number of ketones is 2. The van der Waals surface area contributed by atoms with Crippen LogP contribution in [0.3, 0.4) is 0 Å². The molecular formula is C42H65N7O7. The van der Waals surface area contributed by atoms with Crippen LogP contribution in [-0.4, -0.2) is 84.2 Å². The maximum Gasteiger partial charge on any atom is 0.326 e. The standard InChI is InChI=1S/C42H65N7O7/c1-28(2)23-36(49-40(53)32(24-29-13-5-3-6-14-29)27-37(50)34(46)25-30-15-7-4-8-16-30)38(51)26-31(17-11-20-43)39(52)47-22-10-9-19-35(42(55)56)48-41(54)33(45)18-12-21-44/h3-8,13-16,28,31-36H,9-12,17-27,43-46H2,1-2H3,(H,47,52)(H,48,54)(H,49,53)(H,55,56)/t31-,32-,33+,34+,35-,36+/m0/s1. The highest BCUT2D eigenvalue weighted by Gasteiger charge is 2.32. The van der Waals surface area contributed by atoms with Crippen LogP contribution in [0.4, 0.5) is 0 Å². The third-order valence-electron chi connectivity index (χ3n) is 9.73. The van der Waals surface area contributed by atoms with Gasteiger partial charge in [-0.1, -0.05) is 74.5 Å². The van der Waals surface area contributed by atoms with Gasteiger partial charge in [0, 0.05) is 31.2 Å². The first-order valence-electron chi connectivity index (χ1n) is 19.9. The molecule has 0 aliphatic carbocycles. The molecule has 0 radical (unpaired) electrons. The quantitative estimate of drug-likeness (QED) is 0.0555. The van der Waals surface area contributed by atoms with Gasteiger partial charge in [0.05, 0.1) is 18.1 Å². The number of nitrogens with one attached hydrogen (secondary N) is 3. The predicted octanol–water partition coefficient (Wildman–Crippen LogP) is 2.14. The van der Waals surface area contributed by atoms with E-state index in [1.54, 1.807) is 0 Å². The second-order valence-corrected chi connectivity index (χ2v) is 15.1. The second-order valence-electron chi connectivity index (χ2n) is 15.1. The Morgan fingerprint density at radius 2 is 1.16 bits per heavy atom. The number of unbranched alkanes of at least 4 members (excludes halogenated alkanes) is 1. The van der Waals surface area contributed by atoms with E-state index < -0.39 is 53.8 Å². The Labute approximate surface area is 331 Å². The molecule has 14 nitrogen and oxygen atoms in total. The average Bonchev–Trinajstić information content (AvgIpc) is 3.17. The maximum atomic E-state index is 14.0. The van der Waals surface area contributed by atoms with Gasteiger partial charge in [-0.25, -0.2) is 4.79 Å². The summed E-state index contributed by atoms with van der Waals surface area (Å²) in [5, 5.41) is 17.9. The molecule has 0 fully saturated rings. The minimum absolute atomic E-state index is 0.0372. The number of nitrogens with two attached hydrogens (primary N) is 4. The molecule has 0 bridgehead atoms. The number of Topliss-reactive ketones (excluding diaryl/α,β-unsaturated/α-hetero) is 2. The van der Waals surface area contributed by atoms with Crippen LogP contribution >= 0.6 is 0 Å². The summed E-state index contributed by atoms with van der Waals surface area (Å²) < 4.78 is 0. The highest BCUT2D eigenvalue weighted by molar-refractivity contribution is 5.95. The molecule has 6 atom stereocenters. The Kier molecular flexibility index (Phi) is 22.4. The fourth-order valence-electron chi connectivity index (χ4n) is 6.47. The minimum Gasteiger partial charge on any atom is -0.480 e. The van der Waals surface area contributed by atoms with Crippen LogP contribution < -0.4 is 38.9 Å². The predicted molar refractivity (Wildman–Crippen MR) is 217 cm³/mol. The molecule has 0 aliphatic heterocycles. The lowest BCUT2D eigenvalue weighted by Gasteiger charge is -2.25. The van der Waals surface area contributed by atoms with Crippen molar-refractivity contribution in [3.8, 4) is 0 Å².